The first kappa shape index (κ1) is 18.2. The molecule has 120 valence electrons. The Kier molecular flexibility index (Phi) is 10.2. The number of nitrogens with zero attached hydrogens (tertiary/aromatic N) is 1. The standard InChI is InChI=1S/C20H35N/c1-4-6-8-9-10-11-17-21(3)18-20-15-13-19(14-16-20)12-7-5-2/h13-16H,4-12,17-18H2,1-3H3. The zero-order chi connectivity index (χ0) is 15.3. The van der Waals surface area contributed by atoms with E-state index in [-0.39, 0.29) is 0 Å². The average molecular weight is 290 g/mol. The Morgan fingerprint density at radius 3 is 1.95 bits per heavy atom. The highest BCUT2D eigenvalue weighted by molar-refractivity contribution is 5.22. The molecule has 21 heavy (non-hydrogen) atoms. The zero-order valence-corrected chi connectivity index (χ0v) is 14.5. The number of rotatable bonds is 12. The average Bonchev–Trinajstić information content (AvgIpc) is 2.50. The number of aryl methyl sites for hydroxylation is 1. The summed E-state index contributed by atoms with van der Waals surface area (Å²) in [5, 5.41) is 0. The highest BCUT2D eigenvalue weighted by Gasteiger charge is 2.01. The molecule has 0 aromatic heterocycles. The molecule has 0 radical (unpaired) electrons. The summed E-state index contributed by atoms with van der Waals surface area (Å²) < 4.78 is 0. The Labute approximate surface area is 132 Å². The molecule has 0 fully saturated rings. The zero-order valence-electron chi connectivity index (χ0n) is 14.5. The van der Waals surface area contributed by atoms with E-state index in [1.807, 2.05) is 0 Å². The Balaban J connectivity index is 2.17. The fourth-order valence-corrected chi connectivity index (χ4v) is 2.75. The maximum atomic E-state index is 2.46. The molecule has 0 aliphatic rings. The molecule has 0 aliphatic carbocycles. The van der Waals surface area contributed by atoms with Gasteiger partial charge in [-0.15, -0.1) is 0 Å². The van der Waals surface area contributed by atoms with Crippen molar-refractivity contribution in [3.8, 4) is 0 Å². The Morgan fingerprint density at radius 2 is 1.29 bits per heavy atom. The summed E-state index contributed by atoms with van der Waals surface area (Å²) in [6.45, 7) is 6.85. The predicted molar refractivity (Wildman–Crippen MR) is 94.8 cm³/mol. The summed E-state index contributed by atoms with van der Waals surface area (Å²) >= 11 is 0. The molecule has 0 amide bonds. The van der Waals surface area contributed by atoms with Crippen LogP contribution in [-0.4, -0.2) is 18.5 Å². The summed E-state index contributed by atoms with van der Waals surface area (Å²) in [5.41, 5.74) is 2.93. The van der Waals surface area contributed by atoms with Crippen LogP contribution in [0, 0.1) is 0 Å². The molecule has 0 N–H and O–H groups in total. The molecule has 1 nitrogen and oxygen atoms in total. The van der Waals surface area contributed by atoms with Crippen LogP contribution in [0.3, 0.4) is 0 Å². The van der Waals surface area contributed by atoms with Crippen LogP contribution in [0.1, 0.15) is 76.3 Å². The van der Waals surface area contributed by atoms with Crippen molar-refractivity contribution >= 4 is 0 Å². The van der Waals surface area contributed by atoms with Gasteiger partial charge in [0.1, 0.15) is 0 Å². The van der Waals surface area contributed by atoms with Crippen molar-refractivity contribution in [2.75, 3.05) is 13.6 Å². The van der Waals surface area contributed by atoms with Gasteiger partial charge in [-0.05, 0) is 44.0 Å². The third kappa shape index (κ3) is 8.93. The second kappa shape index (κ2) is 11.8. The number of unbranched alkanes of at least 4 members (excludes halogenated alkanes) is 6. The fourth-order valence-electron chi connectivity index (χ4n) is 2.75. The normalized spacial score (nSPS) is 11.2. The molecule has 0 saturated heterocycles. The van der Waals surface area contributed by atoms with E-state index >= 15 is 0 Å². The Hall–Kier alpha value is -0.820. The quantitative estimate of drug-likeness (QED) is 0.438. The van der Waals surface area contributed by atoms with Crippen molar-refractivity contribution in [1.82, 2.24) is 4.90 Å². The van der Waals surface area contributed by atoms with Crippen molar-refractivity contribution in [3.05, 3.63) is 35.4 Å². The number of hydrogen-bond acceptors (Lipinski definition) is 1. The summed E-state index contributed by atoms with van der Waals surface area (Å²) in [6.07, 6.45) is 12.1. The van der Waals surface area contributed by atoms with E-state index in [0.29, 0.717) is 0 Å². The molecule has 0 heterocycles. The molecule has 0 aliphatic heterocycles. The van der Waals surface area contributed by atoms with E-state index in [2.05, 4.69) is 50.1 Å². The minimum absolute atomic E-state index is 1.09. The summed E-state index contributed by atoms with van der Waals surface area (Å²) in [7, 11) is 2.25. The van der Waals surface area contributed by atoms with Crippen LogP contribution in [0.25, 0.3) is 0 Å². The fraction of sp³-hybridized carbons (Fsp3) is 0.700. The van der Waals surface area contributed by atoms with Gasteiger partial charge in [-0.2, -0.15) is 0 Å². The molecular formula is C20H35N. The van der Waals surface area contributed by atoms with Crippen molar-refractivity contribution in [3.63, 3.8) is 0 Å². The van der Waals surface area contributed by atoms with Gasteiger partial charge in [-0.1, -0.05) is 76.6 Å². The smallest absolute Gasteiger partial charge is 0.0230 e. The lowest BCUT2D eigenvalue weighted by atomic mass is 10.1. The van der Waals surface area contributed by atoms with E-state index in [4.69, 9.17) is 0 Å². The molecule has 1 rings (SSSR count). The molecule has 0 atom stereocenters. The SMILES string of the molecule is CCCCCCCCN(C)Cc1ccc(CCCC)cc1. The summed E-state index contributed by atoms with van der Waals surface area (Å²) in [4.78, 5) is 2.46. The van der Waals surface area contributed by atoms with Gasteiger partial charge in [-0.3, -0.25) is 0 Å². The minimum Gasteiger partial charge on any atom is -0.302 e. The van der Waals surface area contributed by atoms with Gasteiger partial charge >= 0.3 is 0 Å². The second-order valence-electron chi connectivity index (χ2n) is 6.43. The monoisotopic (exact) mass is 289 g/mol. The van der Waals surface area contributed by atoms with E-state index in [1.165, 1.54) is 75.5 Å². The number of benzene rings is 1. The molecule has 0 spiro atoms. The molecule has 1 aromatic rings. The third-order valence-corrected chi connectivity index (χ3v) is 4.19. The van der Waals surface area contributed by atoms with E-state index in [0.717, 1.165) is 6.54 Å². The van der Waals surface area contributed by atoms with Crippen molar-refractivity contribution in [2.24, 2.45) is 0 Å². The predicted octanol–water partition coefficient (Wildman–Crippen LogP) is 5.82. The molecule has 0 saturated carbocycles. The highest BCUT2D eigenvalue weighted by Crippen LogP contribution is 2.11. The first-order valence-corrected chi connectivity index (χ1v) is 9.02. The lowest BCUT2D eigenvalue weighted by Gasteiger charge is -2.16. The minimum atomic E-state index is 1.09. The van der Waals surface area contributed by atoms with Crippen LogP contribution in [-0.2, 0) is 13.0 Å². The van der Waals surface area contributed by atoms with Crippen molar-refractivity contribution in [1.29, 1.82) is 0 Å². The molecule has 0 unspecified atom stereocenters. The molecule has 1 heteroatoms. The van der Waals surface area contributed by atoms with Gasteiger partial charge in [-0.25, -0.2) is 0 Å². The number of hydrogen-bond donors (Lipinski definition) is 0. The van der Waals surface area contributed by atoms with Gasteiger partial charge < -0.3 is 4.90 Å². The largest absolute Gasteiger partial charge is 0.302 e. The summed E-state index contributed by atoms with van der Waals surface area (Å²) in [6, 6.07) is 9.23. The highest BCUT2D eigenvalue weighted by atomic mass is 15.1. The van der Waals surface area contributed by atoms with Gasteiger partial charge in [0, 0.05) is 6.54 Å². The third-order valence-electron chi connectivity index (χ3n) is 4.19. The Morgan fingerprint density at radius 1 is 0.714 bits per heavy atom. The Bertz CT molecular complexity index is 341. The second-order valence-corrected chi connectivity index (χ2v) is 6.43. The van der Waals surface area contributed by atoms with Crippen molar-refractivity contribution < 1.29 is 0 Å². The molecular weight excluding hydrogens is 254 g/mol. The van der Waals surface area contributed by atoms with Crippen LogP contribution in [0.2, 0.25) is 0 Å². The van der Waals surface area contributed by atoms with Crippen LogP contribution >= 0.6 is 0 Å². The molecule has 1 aromatic carbocycles. The first-order valence-electron chi connectivity index (χ1n) is 9.02. The van der Waals surface area contributed by atoms with Crippen LogP contribution < -0.4 is 0 Å². The van der Waals surface area contributed by atoms with Gasteiger partial charge in [0.15, 0.2) is 0 Å². The maximum absolute atomic E-state index is 2.46. The summed E-state index contributed by atoms with van der Waals surface area (Å²) in [5.74, 6) is 0. The topological polar surface area (TPSA) is 3.24 Å². The van der Waals surface area contributed by atoms with E-state index in [1.54, 1.807) is 0 Å². The molecule has 0 bridgehead atoms. The lowest BCUT2D eigenvalue weighted by Crippen LogP contribution is -2.19. The maximum Gasteiger partial charge on any atom is 0.0230 e. The van der Waals surface area contributed by atoms with Gasteiger partial charge in [0.25, 0.3) is 0 Å². The van der Waals surface area contributed by atoms with E-state index in [9.17, 15) is 0 Å². The van der Waals surface area contributed by atoms with Crippen LogP contribution in [0.4, 0.5) is 0 Å². The van der Waals surface area contributed by atoms with E-state index < -0.39 is 0 Å². The van der Waals surface area contributed by atoms with Gasteiger partial charge in [0.05, 0.1) is 0 Å². The van der Waals surface area contributed by atoms with Gasteiger partial charge in [0.2, 0.25) is 0 Å². The first-order chi connectivity index (χ1) is 10.3. The van der Waals surface area contributed by atoms with Crippen LogP contribution in [0.5, 0.6) is 0 Å². The lowest BCUT2D eigenvalue weighted by molar-refractivity contribution is 0.316. The van der Waals surface area contributed by atoms with Crippen molar-refractivity contribution in [2.45, 2.75) is 78.2 Å². The van der Waals surface area contributed by atoms with Crippen LogP contribution in [0.15, 0.2) is 24.3 Å².